The van der Waals surface area contributed by atoms with E-state index in [4.69, 9.17) is 0 Å². The molecule has 0 aliphatic rings. The van der Waals surface area contributed by atoms with E-state index in [1.165, 1.54) is 12.1 Å². The van der Waals surface area contributed by atoms with Crippen LogP contribution in [0.15, 0.2) is 36.4 Å². The van der Waals surface area contributed by atoms with Gasteiger partial charge in [-0.05, 0) is 23.3 Å². The molecule has 1 atom stereocenters. The van der Waals surface area contributed by atoms with E-state index in [9.17, 15) is 18.3 Å². The maximum absolute atomic E-state index is 12.5. The number of hydrogen-bond donors (Lipinski definition) is 1. The van der Waals surface area contributed by atoms with Crippen molar-refractivity contribution in [3.8, 4) is 0 Å². The molecule has 0 aliphatic heterocycles. The molecule has 1 N–H and O–H groups in total. The summed E-state index contributed by atoms with van der Waals surface area (Å²) in [6.07, 6.45) is -7.08. The van der Waals surface area contributed by atoms with Crippen molar-refractivity contribution in [3.63, 3.8) is 0 Å². The van der Waals surface area contributed by atoms with Crippen LogP contribution < -0.4 is 0 Å². The highest BCUT2D eigenvalue weighted by Gasteiger charge is 2.39. The molecule has 0 bridgehead atoms. The smallest absolute Gasteiger partial charge is 0.379 e. The van der Waals surface area contributed by atoms with Gasteiger partial charge in [0.15, 0.2) is 6.10 Å². The summed E-state index contributed by atoms with van der Waals surface area (Å²) in [5.74, 6) is 0. The fourth-order valence-corrected chi connectivity index (χ4v) is 1.84. The van der Waals surface area contributed by atoms with Crippen molar-refractivity contribution in [2.45, 2.75) is 19.2 Å². The fraction of sp³-hybridized carbons (Fsp3) is 0.231. The Labute approximate surface area is 96.5 Å². The zero-order valence-corrected chi connectivity index (χ0v) is 9.12. The van der Waals surface area contributed by atoms with Crippen molar-refractivity contribution >= 4 is 10.8 Å². The highest BCUT2D eigenvalue weighted by Crippen LogP contribution is 2.36. The number of aliphatic hydroxyl groups excluding tert-OH is 1. The quantitative estimate of drug-likeness (QED) is 0.805. The van der Waals surface area contributed by atoms with Crippen molar-refractivity contribution in [1.29, 1.82) is 0 Å². The third kappa shape index (κ3) is 2.26. The number of rotatable bonds is 1. The van der Waals surface area contributed by atoms with Crippen molar-refractivity contribution in [3.05, 3.63) is 47.5 Å². The summed E-state index contributed by atoms with van der Waals surface area (Å²) in [4.78, 5) is 0. The number of aliphatic hydroxyl groups is 1. The average molecular weight is 240 g/mol. The lowest BCUT2D eigenvalue weighted by atomic mass is 9.99. The van der Waals surface area contributed by atoms with Gasteiger partial charge in [0.05, 0.1) is 0 Å². The molecule has 0 aromatic heterocycles. The van der Waals surface area contributed by atoms with Crippen molar-refractivity contribution < 1.29 is 18.3 Å². The molecule has 90 valence electrons. The van der Waals surface area contributed by atoms with Crippen molar-refractivity contribution in [2.75, 3.05) is 0 Å². The van der Waals surface area contributed by atoms with Gasteiger partial charge in [-0.3, -0.25) is 0 Å². The lowest BCUT2D eigenvalue weighted by Crippen LogP contribution is -2.20. The molecule has 0 heterocycles. The average Bonchev–Trinajstić information content (AvgIpc) is 2.25. The van der Waals surface area contributed by atoms with Gasteiger partial charge < -0.3 is 5.11 Å². The van der Waals surface area contributed by atoms with E-state index in [0.29, 0.717) is 10.8 Å². The Kier molecular flexibility index (Phi) is 2.83. The first-order valence-corrected chi connectivity index (χ1v) is 5.13. The zero-order chi connectivity index (χ0) is 12.6. The van der Waals surface area contributed by atoms with Crippen LogP contribution in [0.3, 0.4) is 0 Å². The Morgan fingerprint density at radius 1 is 1.12 bits per heavy atom. The van der Waals surface area contributed by atoms with Gasteiger partial charge >= 0.3 is 6.18 Å². The molecule has 0 amide bonds. The first-order chi connectivity index (χ1) is 7.89. The zero-order valence-electron chi connectivity index (χ0n) is 9.12. The Morgan fingerprint density at radius 3 is 2.47 bits per heavy atom. The molecule has 0 saturated heterocycles. The number of fused-ring (bicyclic) bond motifs is 1. The largest absolute Gasteiger partial charge is 0.418 e. The van der Waals surface area contributed by atoms with Crippen LogP contribution in [0.5, 0.6) is 0 Å². The highest BCUT2D eigenvalue weighted by molar-refractivity contribution is 5.86. The van der Waals surface area contributed by atoms with E-state index in [-0.39, 0.29) is 5.56 Å². The molecule has 2 aromatic rings. The van der Waals surface area contributed by atoms with Crippen LogP contribution in [0.2, 0.25) is 0 Å². The fourth-order valence-electron chi connectivity index (χ4n) is 1.84. The summed E-state index contributed by atoms with van der Waals surface area (Å²) in [7, 11) is 0. The molecule has 1 nitrogen and oxygen atoms in total. The second-order valence-corrected chi connectivity index (χ2v) is 4.02. The van der Waals surface area contributed by atoms with Gasteiger partial charge in [-0.15, -0.1) is 0 Å². The Morgan fingerprint density at radius 2 is 1.82 bits per heavy atom. The summed E-state index contributed by atoms with van der Waals surface area (Å²) >= 11 is 0. The maximum Gasteiger partial charge on any atom is 0.418 e. The maximum atomic E-state index is 12.5. The van der Waals surface area contributed by atoms with Crippen LogP contribution in [0.1, 0.15) is 17.2 Å². The summed E-state index contributed by atoms with van der Waals surface area (Å²) < 4.78 is 37.5. The van der Waals surface area contributed by atoms with Gasteiger partial charge in [0.25, 0.3) is 0 Å². The molecular weight excluding hydrogens is 229 g/mol. The molecule has 2 rings (SSSR count). The van der Waals surface area contributed by atoms with Crippen LogP contribution in [-0.2, 0) is 0 Å². The topological polar surface area (TPSA) is 20.2 Å². The minimum atomic E-state index is -4.64. The SMILES string of the molecule is Cc1ccc2c(C(O)C(F)(F)F)cccc2c1. The molecule has 17 heavy (non-hydrogen) atoms. The molecular formula is C13H11F3O. The lowest BCUT2D eigenvalue weighted by molar-refractivity contribution is -0.206. The minimum Gasteiger partial charge on any atom is -0.379 e. The first kappa shape index (κ1) is 11.9. The molecule has 0 fully saturated rings. The van der Waals surface area contributed by atoms with Gasteiger partial charge in [-0.25, -0.2) is 0 Å². The van der Waals surface area contributed by atoms with Crippen LogP contribution >= 0.6 is 0 Å². The van der Waals surface area contributed by atoms with E-state index in [0.717, 1.165) is 5.56 Å². The molecule has 0 saturated carbocycles. The number of alkyl halides is 3. The summed E-state index contributed by atoms with van der Waals surface area (Å²) in [5, 5.41) is 10.4. The van der Waals surface area contributed by atoms with Crippen molar-refractivity contribution in [1.82, 2.24) is 0 Å². The molecule has 0 radical (unpaired) electrons. The van der Waals surface area contributed by atoms with E-state index < -0.39 is 12.3 Å². The van der Waals surface area contributed by atoms with Crippen molar-refractivity contribution in [2.24, 2.45) is 0 Å². The van der Waals surface area contributed by atoms with Crippen LogP contribution in [0.25, 0.3) is 10.8 Å². The molecule has 1 unspecified atom stereocenters. The van der Waals surface area contributed by atoms with E-state index >= 15 is 0 Å². The predicted octanol–water partition coefficient (Wildman–Crippen LogP) is 3.74. The standard InChI is InChI=1S/C13H11F3O/c1-8-5-6-10-9(7-8)3-2-4-11(10)12(17)13(14,15)16/h2-7,12,17H,1H3. The summed E-state index contributed by atoms with van der Waals surface area (Å²) in [6.45, 7) is 1.87. The monoisotopic (exact) mass is 240 g/mol. The first-order valence-electron chi connectivity index (χ1n) is 5.13. The Balaban J connectivity index is 2.63. The van der Waals surface area contributed by atoms with Gasteiger partial charge in [0.1, 0.15) is 0 Å². The summed E-state index contributed by atoms with van der Waals surface area (Å²) in [5.41, 5.74) is 0.867. The third-order valence-electron chi connectivity index (χ3n) is 2.67. The number of aryl methyl sites for hydroxylation is 1. The molecule has 2 aromatic carbocycles. The minimum absolute atomic E-state index is 0.102. The second-order valence-electron chi connectivity index (χ2n) is 4.02. The Bertz CT molecular complexity index is 546. The Hall–Kier alpha value is -1.55. The van der Waals surface area contributed by atoms with E-state index in [2.05, 4.69) is 0 Å². The third-order valence-corrected chi connectivity index (χ3v) is 2.67. The van der Waals surface area contributed by atoms with Gasteiger partial charge in [0.2, 0.25) is 0 Å². The molecule has 4 heteroatoms. The lowest BCUT2D eigenvalue weighted by Gasteiger charge is -2.16. The van der Waals surface area contributed by atoms with Gasteiger partial charge in [-0.2, -0.15) is 13.2 Å². The summed E-state index contributed by atoms with van der Waals surface area (Å²) in [6, 6.07) is 9.68. The van der Waals surface area contributed by atoms with Crippen LogP contribution in [0, 0.1) is 6.92 Å². The van der Waals surface area contributed by atoms with E-state index in [1.54, 1.807) is 24.3 Å². The molecule has 0 aliphatic carbocycles. The predicted molar refractivity (Wildman–Crippen MR) is 59.7 cm³/mol. The number of halogens is 3. The molecule has 0 spiro atoms. The van der Waals surface area contributed by atoms with Crippen LogP contribution in [0.4, 0.5) is 13.2 Å². The van der Waals surface area contributed by atoms with Crippen LogP contribution in [-0.4, -0.2) is 11.3 Å². The normalized spacial score (nSPS) is 13.9. The number of benzene rings is 2. The van der Waals surface area contributed by atoms with Gasteiger partial charge in [0, 0.05) is 0 Å². The highest BCUT2D eigenvalue weighted by atomic mass is 19.4. The van der Waals surface area contributed by atoms with Gasteiger partial charge in [-0.1, -0.05) is 42.0 Å². The second kappa shape index (κ2) is 4.04. The van der Waals surface area contributed by atoms with E-state index in [1.807, 2.05) is 6.92 Å². The number of hydrogen-bond acceptors (Lipinski definition) is 1.